The Labute approximate surface area is 158 Å². The number of amides is 1. The summed E-state index contributed by atoms with van der Waals surface area (Å²) in [6, 6.07) is 14.5. The summed E-state index contributed by atoms with van der Waals surface area (Å²) >= 11 is 5.77. The molecule has 0 unspecified atom stereocenters. The molecule has 0 bridgehead atoms. The molecular weight excluding hydrogens is 354 g/mol. The highest BCUT2D eigenvalue weighted by Crippen LogP contribution is 2.17. The fourth-order valence-electron chi connectivity index (χ4n) is 2.32. The molecule has 0 saturated carbocycles. The first kappa shape index (κ1) is 19.8. The lowest BCUT2D eigenvalue weighted by molar-refractivity contribution is -0.150. The van der Waals surface area contributed by atoms with Gasteiger partial charge in [-0.05, 0) is 43.2 Å². The summed E-state index contributed by atoms with van der Waals surface area (Å²) in [6.07, 6.45) is 0.739. The highest BCUT2D eigenvalue weighted by Gasteiger charge is 2.14. The smallest absolute Gasteiger partial charge is 0.344 e. The molecule has 0 fully saturated rings. The van der Waals surface area contributed by atoms with E-state index >= 15 is 0 Å². The van der Waals surface area contributed by atoms with Gasteiger partial charge < -0.3 is 14.8 Å². The van der Waals surface area contributed by atoms with Crippen molar-refractivity contribution < 1.29 is 19.1 Å². The zero-order chi connectivity index (χ0) is 18.9. The standard InChI is InChI=1S/C20H22ClNO4/c1-3-18(15-6-4-14(2)5-7-15)22-19(23)12-26-20(24)13-25-17-10-8-16(21)9-11-17/h4-11,18H,3,12-13H2,1-2H3,(H,22,23)/t18-/m1/s1. The van der Waals surface area contributed by atoms with Crippen LogP contribution < -0.4 is 10.1 Å². The molecule has 0 aliphatic carbocycles. The molecule has 2 aromatic rings. The minimum Gasteiger partial charge on any atom is -0.482 e. The Balaban J connectivity index is 1.75. The van der Waals surface area contributed by atoms with Gasteiger partial charge in [0.1, 0.15) is 5.75 Å². The van der Waals surface area contributed by atoms with Crippen LogP contribution in [0.5, 0.6) is 5.75 Å². The average molecular weight is 376 g/mol. The molecule has 0 heterocycles. The van der Waals surface area contributed by atoms with E-state index in [0.29, 0.717) is 10.8 Å². The summed E-state index contributed by atoms with van der Waals surface area (Å²) < 4.78 is 10.2. The van der Waals surface area contributed by atoms with E-state index in [2.05, 4.69) is 5.32 Å². The van der Waals surface area contributed by atoms with Gasteiger partial charge in [-0.25, -0.2) is 4.79 Å². The number of esters is 1. The molecule has 1 N–H and O–H groups in total. The first-order valence-corrected chi connectivity index (χ1v) is 8.75. The van der Waals surface area contributed by atoms with Gasteiger partial charge >= 0.3 is 5.97 Å². The minimum atomic E-state index is -0.613. The number of carbonyl (C=O) groups is 2. The quantitative estimate of drug-likeness (QED) is 0.712. The van der Waals surface area contributed by atoms with Gasteiger partial charge in [0, 0.05) is 5.02 Å². The third kappa shape index (κ3) is 6.41. The van der Waals surface area contributed by atoms with Gasteiger partial charge in [0.15, 0.2) is 13.2 Å². The van der Waals surface area contributed by atoms with Crippen LogP contribution in [0.1, 0.15) is 30.5 Å². The summed E-state index contributed by atoms with van der Waals surface area (Å²) in [5.41, 5.74) is 2.17. The van der Waals surface area contributed by atoms with Gasteiger partial charge in [0.25, 0.3) is 5.91 Å². The predicted octanol–water partition coefficient (Wildman–Crippen LogP) is 3.84. The maximum Gasteiger partial charge on any atom is 0.344 e. The van der Waals surface area contributed by atoms with Gasteiger partial charge in [0.05, 0.1) is 6.04 Å². The molecule has 2 rings (SSSR count). The molecule has 6 heteroatoms. The van der Waals surface area contributed by atoms with E-state index in [1.165, 1.54) is 0 Å². The van der Waals surface area contributed by atoms with Crippen molar-refractivity contribution >= 4 is 23.5 Å². The molecule has 5 nitrogen and oxygen atoms in total. The van der Waals surface area contributed by atoms with E-state index in [1.807, 2.05) is 38.1 Å². The second-order valence-electron chi connectivity index (χ2n) is 5.84. The van der Waals surface area contributed by atoms with Gasteiger partial charge in [-0.1, -0.05) is 48.4 Å². The van der Waals surface area contributed by atoms with Crippen LogP contribution >= 0.6 is 11.6 Å². The Morgan fingerprint density at radius 2 is 1.69 bits per heavy atom. The zero-order valence-corrected chi connectivity index (χ0v) is 15.6. The lowest BCUT2D eigenvalue weighted by atomic mass is 10.0. The van der Waals surface area contributed by atoms with Crippen molar-refractivity contribution in [2.45, 2.75) is 26.3 Å². The maximum absolute atomic E-state index is 12.0. The number of benzene rings is 2. The summed E-state index contributed by atoms with van der Waals surface area (Å²) in [6.45, 7) is 3.38. The summed E-state index contributed by atoms with van der Waals surface area (Å²) in [4.78, 5) is 23.7. The van der Waals surface area contributed by atoms with Crippen molar-refractivity contribution in [3.05, 3.63) is 64.7 Å². The van der Waals surface area contributed by atoms with Crippen molar-refractivity contribution in [2.24, 2.45) is 0 Å². The second-order valence-corrected chi connectivity index (χ2v) is 6.28. The first-order valence-electron chi connectivity index (χ1n) is 8.38. The molecule has 1 atom stereocenters. The molecule has 2 aromatic carbocycles. The van der Waals surface area contributed by atoms with Gasteiger partial charge in [-0.15, -0.1) is 0 Å². The third-order valence-corrected chi connectivity index (χ3v) is 4.01. The number of halogens is 1. The van der Waals surface area contributed by atoms with Crippen molar-refractivity contribution in [3.63, 3.8) is 0 Å². The highest BCUT2D eigenvalue weighted by molar-refractivity contribution is 6.30. The molecule has 0 aromatic heterocycles. The highest BCUT2D eigenvalue weighted by atomic mass is 35.5. The third-order valence-electron chi connectivity index (χ3n) is 3.76. The van der Waals surface area contributed by atoms with Crippen LogP contribution in [0.4, 0.5) is 0 Å². The van der Waals surface area contributed by atoms with E-state index in [1.54, 1.807) is 24.3 Å². The normalized spacial score (nSPS) is 11.5. The monoisotopic (exact) mass is 375 g/mol. The molecule has 0 saturated heterocycles. The van der Waals surface area contributed by atoms with Gasteiger partial charge in [-0.3, -0.25) is 4.79 Å². The van der Waals surface area contributed by atoms with Crippen molar-refractivity contribution in [1.29, 1.82) is 0 Å². The van der Waals surface area contributed by atoms with Crippen LogP contribution in [-0.4, -0.2) is 25.1 Å². The van der Waals surface area contributed by atoms with E-state index in [0.717, 1.165) is 17.5 Å². The van der Waals surface area contributed by atoms with Crippen molar-refractivity contribution in [3.8, 4) is 5.75 Å². The molecule has 1 amide bonds. The Hall–Kier alpha value is -2.53. The number of carbonyl (C=O) groups excluding carboxylic acids is 2. The van der Waals surface area contributed by atoms with E-state index in [9.17, 15) is 9.59 Å². The molecular formula is C20H22ClNO4. The lowest BCUT2D eigenvalue weighted by Crippen LogP contribution is -2.32. The first-order chi connectivity index (χ1) is 12.5. The number of nitrogens with one attached hydrogen (secondary N) is 1. The van der Waals surface area contributed by atoms with Crippen LogP contribution in [0.3, 0.4) is 0 Å². The SMILES string of the molecule is CC[C@@H](NC(=O)COC(=O)COc1ccc(Cl)cc1)c1ccc(C)cc1. The maximum atomic E-state index is 12.0. The summed E-state index contributed by atoms with van der Waals surface area (Å²) in [5, 5.41) is 3.45. The molecule has 0 aliphatic rings. The van der Waals surface area contributed by atoms with Crippen LogP contribution in [-0.2, 0) is 14.3 Å². The molecule has 0 radical (unpaired) electrons. The topological polar surface area (TPSA) is 64.6 Å². The Morgan fingerprint density at radius 3 is 2.31 bits per heavy atom. The van der Waals surface area contributed by atoms with Crippen LogP contribution in [0, 0.1) is 6.92 Å². The summed E-state index contributed by atoms with van der Waals surface area (Å²) in [7, 11) is 0. The molecule has 138 valence electrons. The largest absolute Gasteiger partial charge is 0.482 e. The van der Waals surface area contributed by atoms with Crippen molar-refractivity contribution in [2.75, 3.05) is 13.2 Å². The molecule has 26 heavy (non-hydrogen) atoms. The minimum absolute atomic E-state index is 0.118. The van der Waals surface area contributed by atoms with Crippen LogP contribution in [0.2, 0.25) is 5.02 Å². The second kappa shape index (κ2) is 9.82. The number of aryl methyl sites for hydroxylation is 1. The molecule has 0 aliphatic heterocycles. The number of hydrogen-bond donors (Lipinski definition) is 1. The fourth-order valence-corrected chi connectivity index (χ4v) is 2.44. The fraction of sp³-hybridized carbons (Fsp3) is 0.300. The van der Waals surface area contributed by atoms with Crippen LogP contribution in [0.15, 0.2) is 48.5 Å². The Bertz CT molecular complexity index is 728. The van der Waals surface area contributed by atoms with Crippen molar-refractivity contribution in [1.82, 2.24) is 5.32 Å². The zero-order valence-electron chi connectivity index (χ0n) is 14.8. The number of hydrogen-bond acceptors (Lipinski definition) is 4. The number of ether oxygens (including phenoxy) is 2. The lowest BCUT2D eigenvalue weighted by Gasteiger charge is -2.17. The predicted molar refractivity (Wildman–Crippen MR) is 100 cm³/mol. The van der Waals surface area contributed by atoms with E-state index < -0.39 is 5.97 Å². The Kier molecular flexibility index (Phi) is 7.48. The van der Waals surface area contributed by atoms with Gasteiger partial charge in [0.2, 0.25) is 0 Å². The van der Waals surface area contributed by atoms with E-state index in [4.69, 9.17) is 21.1 Å². The summed E-state index contributed by atoms with van der Waals surface area (Å²) in [5.74, 6) is -0.461. The average Bonchev–Trinajstić information content (AvgIpc) is 2.65. The Morgan fingerprint density at radius 1 is 1.04 bits per heavy atom. The molecule has 0 spiro atoms. The number of rotatable bonds is 8. The van der Waals surface area contributed by atoms with E-state index in [-0.39, 0.29) is 25.2 Å². The van der Waals surface area contributed by atoms with Gasteiger partial charge in [-0.2, -0.15) is 0 Å². The van der Waals surface area contributed by atoms with Crippen LogP contribution in [0.25, 0.3) is 0 Å².